The van der Waals surface area contributed by atoms with Crippen molar-refractivity contribution in [1.82, 2.24) is 9.55 Å². The molecule has 0 radical (unpaired) electrons. The first-order chi connectivity index (χ1) is 21.7. The van der Waals surface area contributed by atoms with Gasteiger partial charge in [-0.25, -0.2) is 0 Å². The fourth-order valence-electron chi connectivity index (χ4n) is 4.65. The zero-order valence-corrected chi connectivity index (χ0v) is 28.3. The van der Waals surface area contributed by atoms with Crippen LogP contribution in [0.3, 0.4) is 0 Å². The smallest absolute Gasteiger partial charge is 0.294 e. The predicted octanol–water partition coefficient (Wildman–Crippen LogP) is 7.70. The van der Waals surface area contributed by atoms with E-state index in [-0.39, 0.29) is 34.2 Å². The van der Waals surface area contributed by atoms with Crippen LogP contribution in [0.4, 0.5) is 0 Å². The lowest BCUT2D eigenvalue weighted by atomic mass is 10.1. The minimum Gasteiger partial charge on any atom is -0.491 e. The number of nitrogens with one attached hydrogen (secondary N) is 1. The van der Waals surface area contributed by atoms with Crippen molar-refractivity contribution in [2.45, 2.75) is 25.7 Å². The molecule has 0 saturated carbocycles. The standard InChI is InChI=1S/C17H15NO3S.C10H9NO3S.C7H7Br/c1-11(19)14-15(21-2)17(20)18(13-8-9-22-16(13)14)10-12-6-4-3-5-7-12;1-5(12)7-8(14-2)10(13)11-6-3-4-15-9(6)7;8-6-7-4-2-1-3-5-7/h3-9H,10H2,1-2H3;3-4H,1-2H3,(H,11,13);1-5H,6H2. The molecule has 0 bridgehead atoms. The first kappa shape index (κ1) is 33.6. The van der Waals surface area contributed by atoms with Crippen LogP contribution >= 0.6 is 38.6 Å². The molecule has 0 amide bonds. The van der Waals surface area contributed by atoms with Crippen molar-refractivity contribution in [3.63, 3.8) is 0 Å². The van der Waals surface area contributed by atoms with E-state index in [0.717, 1.165) is 25.8 Å². The number of nitrogens with zero attached hydrogens (tertiary/aromatic N) is 1. The third-order valence-corrected chi connectivity index (χ3v) is 9.20. The van der Waals surface area contributed by atoms with Crippen LogP contribution in [0.1, 0.15) is 45.7 Å². The summed E-state index contributed by atoms with van der Waals surface area (Å²) in [5, 5.41) is 4.66. The number of alkyl halides is 1. The number of benzene rings is 2. The van der Waals surface area contributed by atoms with Gasteiger partial charge in [0.1, 0.15) is 0 Å². The summed E-state index contributed by atoms with van der Waals surface area (Å²) in [4.78, 5) is 50.4. The first-order valence-corrected chi connectivity index (χ1v) is 16.6. The molecule has 0 spiro atoms. The number of hydrogen-bond donors (Lipinski definition) is 1. The van der Waals surface area contributed by atoms with Crippen molar-refractivity contribution in [1.29, 1.82) is 0 Å². The number of aromatic amines is 1. The van der Waals surface area contributed by atoms with Crippen LogP contribution in [0.5, 0.6) is 11.5 Å². The number of carbonyl (C=O) groups is 2. The molecule has 11 heteroatoms. The van der Waals surface area contributed by atoms with E-state index in [2.05, 4.69) is 33.0 Å². The fourth-order valence-corrected chi connectivity index (χ4v) is 6.96. The number of halogens is 1. The lowest BCUT2D eigenvalue weighted by molar-refractivity contribution is 0.100. The monoisotopic (exact) mass is 706 g/mol. The number of ether oxygens (including phenoxy) is 2. The Kier molecular flexibility index (Phi) is 11.6. The van der Waals surface area contributed by atoms with Gasteiger partial charge in [0.15, 0.2) is 23.1 Å². The number of rotatable bonds is 7. The minimum absolute atomic E-state index is 0.0949. The summed E-state index contributed by atoms with van der Waals surface area (Å²) in [6, 6.07) is 23.7. The van der Waals surface area contributed by atoms with Crippen LogP contribution < -0.4 is 20.6 Å². The molecular formula is C34H31BrN2O6S2. The molecule has 2 aromatic carbocycles. The van der Waals surface area contributed by atoms with Crippen molar-refractivity contribution < 1.29 is 19.1 Å². The summed E-state index contributed by atoms with van der Waals surface area (Å²) in [6.45, 7) is 3.33. The largest absolute Gasteiger partial charge is 0.491 e. The number of ketones is 2. The minimum atomic E-state index is -0.367. The number of hydrogen-bond acceptors (Lipinski definition) is 8. The van der Waals surface area contributed by atoms with E-state index >= 15 is 0 Å². The van der Waals surface area contributed by atoms with Gasteiger partial charge in [-0.1, -0.05) is 76.6 Å². The molecule has 45 heavy (non-hydrogen) atoms. The van der Waals surface area contributed by atoms with E-state index in [1.807, 2.05) is 65.4 Å². The summed E-state index contributed by atoms with van der Waals surface area (Å²) in [5.41, 5.74) is 3.90. The van der Waals surface area contributed by atoms with Gasteiger partial charge in [-0.15, -0.1) is 22.7 Å². The molecule has 8 nitrogen and oxygen atoms in total. The SMILES string of the molecule is BrCc1ccccc1.COc1c(C(C)=O)c2sccc2[nH]c1=O.COc1c(C(C)=O)c2sccc2n(Cc2ccccc2)c1=O. The maximum atomic E-state index is 12.7. The van der Waals surface area contributed by atoms with Crippen molar-refractivity contribution in [2.24, 2.45) is 0 Å². The second-order valence-electron chi connectivity index (χ2n) is 9.68. The van der Waals surface area contributed by atoms with E-state index in [1.54, 1.807) is 10.6 Å². The molecule has 0 aliphatic rings. The Hall–Kier alpha value is -4.32. The fraction of sp³-hybridized carbons (Fsp3) is 0.176. The molecule has 6 rings (SSSR count). The number of H-pyrrole nitrogens is 1. The van der Waals surface area contributed by atoms with Gasteiger partial charge in [0, 0.05) is 5.33 Å². The van der Waals surface area contributed by atoms with Crippen LogP contribution in [-0.2, 0) is 11.9 Å². The molecule has 0 unspecified atom stereocenters. The lowest BCUT2D eigenvalue weighted by Gasteiger charge is -2.13. The summed E-state index contributed by atoms with van der Waals surface area (Å²) >= 11 is 6.21. The molecule has 4 aromatic heterocycles. The molecular weight excluding hydrogens is 676 g/mol. The maximum Gasteiger partial charge on any atom is 0.294 e. The zero-order chi connectivity index (χ0) is 32.5. The van der Waals surface area contributed by atoms with Crippen LogP contribution in [0.15, 0.2) is 93.1 Å². The first-order valence-electron chi connectivity index (χ1n) is 13.7. The highest BCUT2D eigenvalue weighted by Crippen LogP contribution is 2.30. The average Bonchev–Trinajstić information content (AvgIpc) is 3.72. The molecule has 0 atom stereocenters. The summed E-state index contributed by atoms with van der Waals surface area (Å²) in [6.07, 6.45) is 0. The Balaban J connectivity index is 0.000000172. The predicted molar refractivity (Wildman–Crippen MR) is 186 cm³/mol. The van der Waals surface area contributed by atoms with Crippen LogP contribution in [0.25, 0.3) is 20.4 Å². The highest BCUT2D eigenvalue weighted by Gasteiger charge is 2.21. The average molecular weight is 708 g/mol. The van der Waals surface area contributed by atoms with Gasteiger partial charge in [0.05, 0.1) is 52.3 Å². The normalized spacial score (nSPS) is 10.4. The Morgan fingerprint density at radius 1 is 0.756 bits per heavy atom. The van der Waals surface area contributed by atoms with E-state index in [1.165, 1.54) is 56.3 Å². The summed E-state index contributed by atoms with van der Waals surface area (Å²) in [7, 11) is 2.81. The van der Waals surface area contributed by atoms with Crippen LogP contribution in [0, 0.1) is 0 Å². The number of thiophene rings is 2. The van der Waals surface area contributed by atoms with Crippen LogP contribution in [-0.4, -0.2) is 35.3 Å². The molecule has 1 N–H and O–H groups in total. The van der Waals surface area contributed by atoms with E-state index in [4.69, 9.17) is 9.47 Å². The topological polar surface area (TPSA) is 107 Å². The lowest BCUT2D eigenvalue weighted by Crippen LogP contribution is -2.24. The molecule has 232 valence electrons. The number of aromatic nitrogens is 2. The van der Waals surface area contributed by atoms with Crippen molar-refractivity contribution in [2.75, 3.05) is 14.2 Å². The zero-order valence-electron chi connectivity index (χ0n) is 25.1. The summed E-state index contributed by atoms with van der Waals surface area (Å²) in [5.74, 6) is -0.102. The Morgan fingerprint density at radius 3 is 1.82 bits per heavy atom. The molecule has 0 aliphatic heterocycles. The number of carbonyl (C=O) groups excluding carboxylic acids is 2. The quantitative estimate of drug-likeness (QED) is 0.135. The molecule has 0 saturated heterocycles. The van der Waals surface area contributed by atoms with Gasteiger partial charge < -0.3 is 14.5 Å². The second kappa shape index (κ2) is 15.6. The second-order valence-corrected chi connectivity index (χ2v) is 12.1. The molecule has 4 heterocycles. The van der Waals surface area contributed by atoms with Gasteiger partial charge in [0.25, 0.3) is 11.1 Å². The Morgan fingerprint density at radius 2 is 1.29 bits per heavy atom. The van der Waals surface area contributed by atoms with E-state index in [9.17, 15) is 19.2 Å². The number of pyridine rings is 2. The van der Waals surface area contributed by atoms with Gasteiger partial charge in [-0.3, -0.25) is 23.7 Å². The van der Waals surface area contributed by atoms with E-state index in [0.29, 0.717) is 23.2 Å². The Labute approximate surface area is 276 Å². The van der Waals surface area contributed by atoms with E-state index < -0.39 is 0 Å². The highest BCUT2D eigenvalue weighted by molar-refractivity contribution is 9.08. The van der Waals surface area contributed by atoms with Crippen molar-refractivity contribution in [3.05, 3.63) is 127 Å². The molecule has 0 fully saturated rings. The number of fused-ring (bicyclic) bond motifs is 2. The third kappa shape index (κ3) is 7.67. The van der Waals surface area contributed by atoms with Crippen LogP contribution in [0.2, 0.25) is 0 Å². The Bertz CT molecular complexity index is 2050. The molecule has 0 aliphatic carbocycles. The number of Topliss-reactive ketones (excluding diaryl/α,β-unsaturated/α-hetero) is 2. The van der Waals surface area contributed by atoms with Gasteiger partial charge in [0.2, 0.25) is 0 Å². The van der Waals surface area contributed by atoms with Gasteiger partial charge in [-0.05, 0) is 47.9 Å². The van der Waals surface area contributed by atoms with Crippen molar-refractivity contribution in [3.8, 4) is 11.5 Å². The van der Waals surface area contributed by atoms with Gasteiger partial charge in [-0.2, -0.15) is 0 Å². The summed E-state index contributed by atoms with van der Waals surface area (Å²) < 4.78 is 13.4. The third-order valence-electron chi connectivity index (χ3n) is 6.70. The van der Waals surface area contributed by atoms with Gasteiger partial charge >= 0.3 is 0 Å². The molecule has 6 aromatic rings. The maximum absolute atomic E-state index is 12.7. The number of methoxy groups -OCH3 is 2. The van der Waals surface area contributed by atoms with Crippen molar-refractivity contribution >= 4 is 70.6 Å². The highest BCUT2D eigenvalue weighted by atomic mass is 79.9.